The topological polar surface area (TPSA) is 74.8 Å². The summed E-state index contributed by atoms with van der Waals surface area (Å²) in [7, 11) is 1.51. The van der Waals surface area contributed by atoms with E-state index in [0.717, 1.165) is 11.3 Å². The number of alkyl halides is 2. The van der Waals surface area contributed by atoms with E-state index in [9.17, 15) is 18.4 Å². The summed E-state index contributed by atoms with van der Waals surface area (Å²) in [6.07, 6.45) is 0.575. The summed E-state index contributed by atoms with van der Waals surface area (Å²) in [5.41, 5.74) is 0.196. The molecule has 1 amide bonds. The van der Waals surface area contributed by atoms with Gasteiger partial charge >= 0.3 is 0 Å². The molecular formula is C15H17F2N3O2S. The maximum atomic E-state index is 13.6. The van der Waals surface area contributed by atoms with Crippen molar-refractivity contribution in [2.45, 2.75) is 44.4 Å². The molecule has 0 aromatic carbocycles. The largest absolute Gasteiger partial charge is 0.354 e. The zero-order valence-electron chi connectivity index (χ0n) is 12.8. The Hall–Kier alpha value is -1.83. The highest BCUT2D eigenvalue weighted by molar-refractivity contribution is 7.20. The highest BCUT2D eigenvalue weighted by Crippen LogP contribution is 2.41. The van der Waals surface area contributed by atoms with E-state index in [0.29, 0.717) is 39.3 Å². The van der Waals surface area contributed by atoms with Gasteiger partial charge in [-0.25, -0.2) is 13.8 Å². The van der Waals surface area contributed by atoms with Gasteiger partial charge in [-0.1, -0.05) is 0 Å². The van der Waals surface area contributed by atoms with Gasteiger partial charge in [-0.15, -0.1) is 11.3 Å². The number of fused-ring (bicyclic) bond motifs is 1. The molecule has 0 aliphatic heterocycles. The standard InChI is InChI=1S/C15H17F2N3O2S/c1-7-9-12(21)19-11(8-4-3-5-15(16,17)6-8)20-14(9)23-10(7)13(22)18-2/h8H,3-6H2,1-2H3,(H,18,22)(H,19,20,21)/t8-/m1/s1. The van der Waals surface area contributed by atoms with Crippen molar-refractivity contribution in [1.29, 1.82) is 0 Å². The Morgan fingerprint density at radius 3 is 2.87 bits per heavy atom. The molecule has 2 N–H and O–H groups in total. The summed E-state index contributed by atoms with van der Waals surface area (Å²) in [4.78, 5) is 32.1. The Kier molecular flexibility index (Phi) is 3.95. The number of aromatic nitrogens is 2. The summed E-state index contributed by atoms with van der Waals surface area (Å²) in [5, 5.41) is 2.88. The van der Waals surface area contributed by atoms with Gasteiger partial charge in [-0.05, 0) is 25.3 Å². The lowest BCUT2D eigenvalue weighted by Gasteiger charge is -2.28. The fourth-order valence-corrected chi connectivity index (χ4v) is 4.22. The van der Waals surface area contributed by atoms with Crippen LogP contribution in [0.15, 0.2) is 4.79 Å². The zero-order chi connectivity index (χ0) is 16.8. The minimum Gasteiger partial charge on any atom is -0.354 e. The molecule has 1 saturated carbocycles. The number of rotatable bonds is 2. The van der Waals surface area contributed by atoms with Crippen LogP contribution >= 0.6 is 11.3 Å². The van der Waals surface area contributed by atoms with Crippen molar-refractivity contribution >= 4 is 27.5 Å². The average molecular weight is 341 g/mol. The SMILES string of the molecule is CNC(=O)c1sc2nc([C@@H]3CCCC(F)(F)C3)[nH]c(=O)c2c1C. The Morgan fingerprint density at radius 1 is 1.48 bits per heavy atom. The van der Waals surface area contributed by atoms with E-state index < -0.39 is 11.8 Å². The van der Waals surface area contributed by atoms with Crippen molar-refractivity contribution in [2.75, 3.05) is 7.05 Å². The van der Waals surface area contributed by atoms with E-state index in [4.69, 9.17) is 0 Å². The number of carbonyl (C=O) groups excluding carboxylic acids is 1. The first-order chi connectivity index (χ1) is 10.8. The Bertz CT molecular complexity index is 828. The number of carbonyl (C=O) groups is 1. The molecule has 1 fully saturated rings. The molecule has 0 unspecified atom stereocenters. The molecular weight excluding hydrogens is 324 g/mol. The predicted molar refractivity (Wildman–Crippen MR) is 84.5 cm³/mol. The summed E-state index contributed by atoms with van der Waals surface area (Å²) < 4.78 is 27.2. The van der Waals surface area contributed by atoms with Crippen LogP contribution in [0.4, 0.5) is 8.78 Å². The van der Waals surface area contributed by atoms with E-state index in [2.05, 4.69) is 15.3 Å². The molecule has 2 heterocycles. The van der Waals surface area contributed by atoms with Gasteiger partial charge in [0.2, 0.25) is 5.92 Å². The lowest BCUT2D eigenvalue weighted by atomic mass is 9.86. The molecule has 1 aliphatic rings. The number of amides is 1. The van der Waals surface area contributed by atoms with Crippen molar-refractivity contribution in [3.63, 3.8) is 0 Å². The normalized spacial score (nSPS) is 20.6. The molecule has 23 heavy (non-hydrogen) atoms. The molecule has 8 heteroatoms. The molecule has 3 rings (SSSR count). The molecule has 1 aliphatic carbocycles. The van der Waals surface area contributed by atoms with Crippen LogP contribution in [0.2, 0.25) is 0 Å². The summed E-state index contributed by atoms with van der Waals surface area (Å²) in [6.45, 7) is 1.69. The van der Waals surface area contributed by atoms with Crippen molar-refractivity contribution in [3.8, 4) is 0 Å². The van der Waals surface area contributed by atoms with Crippen LogP contribution in [-0.2, 0) is 0 Å². The van der Waals surface area contributed by atoms with Gasteiger partial charge in [-0.3, -0.25) is 9.59 Å². The fourth-order valence-electron chi connectivity index (χ4n) is 3.09. The molecule has 5 nitrogen and oxygen atoms in total. The second-order valence-corrected chi connectivity index (χ2v) is 6.91. The van der Waals surface area contributed by atoms with Crippen LogP contribution < -0.4 is 10.9 Å². The number of aromatic amines is 1. The number of thiophene rings is 1. The highest BCUT2D eigenvalue weighted by atomic mass is 32.1. The third-order valence-electron chi connectivity index (χ3n) is 4.28. The van der Waals surface area contributed by atoms with Crippen LogP contribution in [0.1, 0.15) is 52.7 Å². The Morgan fingerprint density at radius 2 is 2.22 bits per heavy atom. The van der Waals surface area contributed by atoms with Crippen molar-refractivity contribution in [1.82, 2.24) is 15.3 Å². The second kappa shape index (κ2) is 5.67. The fraction of sp³-hybridized carbons (Fsp3) is 0.533. The van der Waals surface area contributed by atoms with Crippen LogP contribution in [0.3, 0.4) is 0 Å². The first-order valence-electron chi connectivity index (χ1n) is 7.45. The number of nitrogens with zero attached hydrogens (tertiary/aromatic N) is 1. The van der Waals surface area contributed by atoms with E-state index in [1.54, 1.807) is 6.92 Å². The number of hydrogen-bond donors (Lipinski definition) is 2. The molecule has 2 aromatic rings. The molecule has 0 radical (unpaired) electrons. The van der Waals surface area contributed by atoms with Crippen molar-refractivity contribution in [3.05, 3.63) is 26.6 Å². The van der Waals surface area contributed by atoms with E-state index in [-0.39, 0.29) is 24.3 Å². The zero-order valence-corrected chi connectivity index (χ0v) is 13.7. The molecule has 0 saturated heterocycles. The molecule has 0 spiro atoms. The van der Waals surface area contributed by atoms with Gasteiger partial charge in [0.15, 0.2) is 0 Å². The monoisotopic (exact) mass is 341 g/mol. The molecule has 1 atom stereocenters. The molecule has 0 bridgehead atoms. The summed E-state index contributed by atoms with van der Waals surface area (Å²) in [5.74, 6) is -3.15. The van der Waals surface area contributed by atoms with E-state index >= 15 is 0 Å². The predicted octanol–water partition coefficient (Wildman–Crippen LogP) is 2.95. The van der Waals surface area contributed by atoms with Gasteiger partial charge in [0.1, 0.15) is 10.7 Å². The first-order valence-corrected chi connectivity index (χ1v) is 8.27. The van der Waals surface area contributed by atoms with Gasteiger partial charge in [0, 0.05) is 25.8 Å². The van der Waals surface area contributed by atoms with E-state index in [1.165, 1.54) is 7.05 Å². The maximum Gasteiger partial charge on any atom is 0.261 e. The Labute approximate surface area is 135 Å². The van der Waals surface area contributed by atoms with Gasteiger partial charge in [-0.2, -0.15) is 0 Å². The lowest BCUT2D eigenvalue weighted by molar-refractivity contribution is -0.0417. The van der Waals surface area contributed by atoms with Crippen LogP contribution in [-0.4, -0.2) is 28.8 Å². The number of halogens is 2. The third kappa shape index (κ3) is 2.87. The third-order valence-corrected chi connectivity index (χ3v) is 5.46. The number of hydrogen-bond acceptors (Lipinski definition) is 4. The number of H-pyrrole nitrogens is 1. The minimum atomic E-state index is -2.71. The molecule has 2 aromatic heterocycles. The lowest BCUT2D eigenvalue weighted by Crippen LogP contribution is -2.27. The average Bonchev–Trinajstić information content (AvgIpc) is 2.83. The van der Waals surface area contributed by atoms with Crippen LogP contribution in [0.25, 0.3) is 10.2 Å². The Balaban J connectivity index is 2.08. The van der Waals surface area contributed by atoms with Crippen LogP contribution in [0.5, 0.6) is 0 Å². The number of nitrogens with one attached hydrogen (secondary N) is 2. The first kappa shape index (κ1) is 16.0. The van der Waals surface area contributed by atoms with Gasteiger partial charge < -0.3 is 10.3 Å². The highest BCUT2D eigenvalue weighted by Gasteiger charge is 2.38. The second-order valence-electron chi connectivity index (χ2n) is 5.92. The summed E-state index contributed by atoms with van der Waals surface area (Å²) in [6, 6.07) is 0. The summed E-state index contributed by atoms with van der Waals surface area (Å²) >= 11 is 1.12. The van der Waals surface area contributed by atoms with Crippen LogP contribution in [0, 0.1) is 6.92 Å². The van der Waals surface area contributed by atoms with Gasteiger partial charge in [0.25, 0.3) is 11.5 Å². The minimum absolute atomic E-state index is 0.116. The quantitative estimate of drug-likeness (QED) is 0.882. The van der Waals surface area contributed by atoms with Crippen molar-refractivity contribution < 1.29 is 13.6 Å². The van der Waals surface area contributed by atoms with Crippen molar-refractivity contribution in [2.24, 2.45) is 0 Å². The maximum absolute atomic E-state index is 13.6. The van der Waals surface area contributed by atoms with Gasteiger partial charge in [0.05, 0.1) is 10.3 Å². The number of aryl methyl sites for hydroxylation is 1. The van der Waals surface area contributed by atoms with E-state index in [1.807, 2.05) is 0 Å². The molecule has 124 valence electrons. The smallest absolute Gasteiger partial charge is 0.261 e.